The number of carbonyl (C=O) groups is 2. The van der Waals surface area contributed by atoms with Crippen LogP contribution < -0.4 is 5.43 Å². The topological polar surface area (TPSA) is 69.6 Å². The fourth-order valence-electron chi connectivity index (χ4n) is 2.93. The summed E-state index contributed by atoms with van der Waals surface area (Å²) in [4.78, 5) is 21.1. The summed E-state index contributed by atoms with van der Waals surface area (Å²) in [5, 5.41) is 10.4. The van der Waals surface area contributed by atoms with Gasteiger partial charge in [-0.3, -0.25) is 15.0 Å². The molecule has 0 aromatic rings. The average molecular weight is 401 g/mol. The van der Waals surface area contributed by atoms with Crippen LogP contribution in [0.2, 0.25) is 0 Å². The van der Waals surface area contributed by atoms with Gasteiger partial charge in [-0.2, -0.15) is 0 Å². The fourth-order valence-corrected chi connectivity index (χ4v) is 2.93. The lowest BCUT2D eigenvalue weighted by Crippen LogP contribution is -2.41. The van der Waals surface area contributed by atoms with E-state index in [-0.39, 0.29) is 5.91 Å². The van der Waals surface area contributed by atoms with E-state index in [9.17, 15) is 9.59 Å². The van der Waals surface area contributed by atoms with Gasteiger partial charge < -0.3 is 5.11 Å². The zero-order chi connectivity index (χ0) is 21.5. The van der Waals surface area contributed by atoms with Gasteiger partial charge in [-0.25, -0.2) is 5.01 Å². The number of carbonyl (C=O) groups excluding carboxylic acids is 1. The minimum Gasteiger partial charge on any atom is -0.481 e. The number of unbranched alkanes of at least 4 members (excludes halogenated alkanes) is 12. The molecule has 5 nitrogen and oxygen atoms in total. The molecule has 0 bridgehead atoms. The third-order valence-corrected chi connectivity index (χ3v) is 4.86. The molecular weight excluding hydrogens is 352 g/mol. The van der Waals surface area contributed by atoms with Crippen LogP contribution in [0, 0.1) is 0 Å². The molecule has 0 radical (unpaired) electrons. The zero-order valence-electron chi connectivity index (χ0n) is 19.2. The summed E-state index contributed by atoms with van der Waals surface area (Å²) in [6.45, 7) is 9.86. The van der Waals surface area contributed by atoms with E-state index in [1.54, 1.807) is 0 Å². The molecule has 28 heavy (non-hydrogen) atoms. The SMILES string of the molecule is CCC(=O)NN(CC)CC.CCCCCCCCCCCCCCCC(=O)O. The van der Waals surface area contributed by atoms with Crippen LogP contribution in [-0.4, -0.2) is 35.1 Å². The Labute approximate surface area is 174 Å². The second-order valence-electron chi connectivity index (χ2n) is 7.45. The summed E-state index contributed by atoms with van der Waals surface area (Å²) in [6.07, 6.45) is 17.8. The highest BCUT2D eigenvalue weighted by Gasteiger charge is 2.01. The van der Waals surface area contributed by atoms with E-state index in [1.165, 1.54) is 70.6 Å². The number of nitrogens with one attached hydrogen (secondary N) is 1. The molecule has 168 valence electrons. The van der Waals surface area contributed by atoms with Crippen LogP contribution in [0.5, 0.6) is 0 Å². The molecule has 0 fully saturated rings. The maximum absolute atomic E-state index is 10.8. The van der Waals surface area contributed by atoms with Crippen LogP contribution in [0.1, 0.15) is 124 Å². The molecule has 0 rings (SSSR count). The van der Waals surface area contributed by atoms with Crippen LogP contribution in [0.25, 0.3) is 0 Å². The Balaban J connectivity index is 0. The van der Waals surface area contributed by atoms with Crippen molar-refractivity contribution in [2.24, 2.45) is 0 Å². The lowest BCUT2D eigenvalue weighted by molar-refractivity contribution is -0.137. The fraction of sp³-hybridized carbons (Fsp3) is 0.913. The summed E-state index contributed by atoms with van der Waals surface area (Å²) in [7, 11) is 0. The van der Waals surface area contributed by atoms with E-state index in [4.69, 9.17) is 5.11 Å². The highest BCUT2D eigenvalue weighted by molar-refractivity contribution is 5.74. The normalized spacial score (nSPS) is 10.5. The molecule has 0 saturated carbocycles. The van der Waals surface area contributed by atoms with Gasteiger partial charge in [-0.05, 0) is 6.42 Å². The molecule has 0 unspecified atom stereocenters. The standard InChI is InChI=1S/C16H32O2.C7H16N2O/c1-2-3-4-5-6-7-8-9-10-11-12-13-14-15-16(17)18;1-4-7(10)8-9(5-2)6-3/h2-15H2,1H3,(H,17,18);4-6H2,1-3H3,(H,8,10). The van der Waals surface area contributed by atoms with Gasteiger partial charge in [-0.15, -0.1) is 0 Å². The number of nitrogens with zero attached hydrogens (tertiary/aromatic N) is 1. The lowest BCUT2D eigenvalue weighted by atomic mass is 10.0. The van der Waals surface area contributed by atoms with E-state index in [1.807, 2.05) is 25.8 Å². The molecule has 0 aliphatic carbocycles. The van der Waals surface area contributed by atoms with E-state index >= 15 is 0 Å². The summed E-state index contributed by atoms with van der Waals surface area (Å²) in [6, 6.07) is 0. The lowest BCUT2D eigenvalue weighted by Gasteiger charge is -2.18. The first-order chi connectivity index (χ1) is 13.5. The first-order valence-corrected chi connectivity index (χ1v) is 11.8. The number of aliphatic carboxylic acids is 1. The Bertz CT molecular complexity index is 345. The van der Waals surface area contributed by atoms with E-state index < -0.39 is 5.97 Å². The maximum Gasteiger partial charge on any atom is 0.303 e. The number of hydrogen-bond donors (Lipinski definition) is 2. The minimum atomic E-state index is -0.655. The van der Waals surface area contributed by atoms with Gasteiger partial charge in [0.2, 0.25) is 5.91 Å². The quantitative estimate of drug-likeness (QED) is 0.208. The Morgan fingerprint density at radius 1 is 0.679 bits per heavy atom. The van der Waals surface area contributed by atoms with Gasteiger partial charge >= 0.3 is 5.97 Å². The Kier molecular flexibility index (Phi) is 24.9. The second-order valence-corrected chi connectivity index (χ2v) is 7.45. The number of carboxylic acids is 1. The predicted molar refractivity (Wildman–Crippen MR) is 119 cm³/mol. The Morgan fingerprint density at radius 2 is 1.07 bits per heavy atom. The van der Waals surface area contributed by atoms with Crippen LogP contribution in [0.4, 0.5) is 0 Å². The molecule has 0 aliphatic rings. The third-order valence-electron chi connectivity index (χ3n) is 4.86. The molecule has 0 aliphatic heterocycles. The van der Waals surface area contributed by atoms with Crippen molar-refractivity contribution in [2.75, 3.05) is 13.1 Å². The second kappa shape index (κ2) is 23.9. The summed E-state index contributed by atoms with van der Waals surface area (Å²) in [5.74, 6) is -0.568. The molecule has 0 saturated heterocycles. The van der Waals surface area contributed by atoms with E-state index in [0.717, 1.165) is 25.9 Å². The summed E-state index contributed by atoms with van der Waals surface area (Å²) >= 11 is 0. The van der Waals surface area contributed by atoms with Crippen molar-refractivity contribution in [1.29, 1.82) is 0 Å². The molecule has 0 spiro atoms. The van der Waals surface area contributed by atoms with Crippen molar-refractivity contribution in [3.05, 3.63) is 0 Å². The average Bonchev–Trinajstić information content (AvgIpc) is 2.69. The molecule has 1 amide bonds. The van der Waals surface area contributed by atoms with Crippen LogP contribution in [-0.2, 0) is 9.59 Å². The van der Waals surface area contributed by atoms with Gasteiger partial charge in [0.05, 0.1) is 0 Å². The van der Waals surface area contributed by atoms with Crippen LogP contribution in [0.15, 0.2) is 0 Å². The zero-order valence-corrected chi connectivity index (χ0v) is 19.2. The van der Waals surface area contributed by atoms with Gasteiger partial charge in [0.15, 0.2) is 0 Å². The van der Waals surface area contributed by atoms with Crippen molar-refractivity contribution in [3.63, 3.8) is 0 Å². The summed E-state index contributed by atoms with van der Waals surface area (Å²) < 4.78 is 0. The van der Waals surface area contributed by atoms with Crippen LogP contribution >= 0.6 is 0 Å². The number of rotatable bonds is 18. The van der Waals surface area contributed by atoms with Gasteiger partial charge in [-0.1, -0.05) is 105 Å². The molecule has 0 heterocycles. The highest BCUT2D eigenvalue weighted by atomic mass is 16.4. The van der Waals surface area contributed by atoms with Crippen molar-refractivity contribution in [1.82, 2.24) is 10.4 Å². The van der Waals surface area contributed by atoms with Crippen molar-refractivity contribution >= 4 is 11.9 Å². The minimum absolute atomic E-state index is 0.0868. The first-order valence-electron chi connectivity index (χ1n) is 11.8. The number of hydrogen-bond acceptors (Lipinski definition) is 3. The van der Waals surface area contributed by atoms with Gasteiger partial charge in [0, 0.05) is 25.9 Å². The summed E-state index contributed by atoms with van der Waals surface area (Å²) in [5.41, 5.74) is 2.76. The highest BCUT2D eigenvalue weighted by Crippen LogP contribution is 2.12. The van der Waals surface area contributed by atoms with Crippen molar-refractivity contribution in [2.45, 2.75) is 124 Å². The van der Waals surface area contributed by atoms with Crippen molar-refractivity contribution in [3.8, 4) is 0 Å². The first kappa shape index (κ1) is 29.1. The van der Waals surface area contributed by atoms with E-state index in [2.05, 4.69) is 12.3 Å². The third kappa shape index (κ3) is 24.9. The van der Waals surface area contributed by atoms with Gasteiger partial charge in [0.1, 0.15) is 0 Å². The smallest absolute Gasteiger partial charge is 0.303 e. The van der Waals surface area contributed by atoms with Crippen molar-refractivity contribution < 1.29 is 14.7 Å². The molecule has 5 heteroatoms. The Hall–Kier alpha value is -1.10. The molecule has 0 atom stereocenters. The van der Waals surface area contributed by atoms with E-state index in [0.29, 0.717) is 12.8 Å². The molecule has 0 aromatic heterocycles. The van der Waals surface area contributed by atoms with Gasteiger partial charge in [0.25, 0.3) is 0 Å². The molecule has 2 N–H and O–H groups in total. The number of carboxylic acid groups (broad SMARTS) is 1. The number of amides is 1. The molecule has 0 aromatic carbocycles. The predicted octanol–water partition coefficient (Wildman–Crippen LogP) is 6.32. The Morgan fingerprint density at radius 3 is 1.39 bits per heavy atom. The number of hydrazine groups is 1. The van der Waals surface area contributed by atoms with Crippen LogP contribution in [0.3, 0.4) is 0 Å². The monoisotopic (exact) mass is 400 g/mol. The maximum atomic E-state index is 10.8. The largest absolute Gasteiger partial charge is 0.481 e. The molecular formula is C23H48N2O3.